The van der Waals surface area contributed by atoms with Gasteiger partial charge in [0.2, 0.25) is 5.91 Å². The summed E-state index contributed by atoms with van der Waals surface area (Å²) in [7, 11) is 2.02. The summed E-state index contributed by atoms with van der Waals surface area (Å²) in [5.74, 6) is -0.532. The first-order chi connectivity index (χ1) is 9.40. The molecule has 0 saturated carbocycles. The summed E-state index contributed by atoms with van der Waals surface area (Å²) in [4.78, 5) is 14.4. The number of hydrogen-bond donors (Lipinski definition) is 2. The van der Waals surface area contributed by atoms with Gasteiger partial charge < -0.3 is 15.3 Å². The smallest absolute Gasteiger partial charge is 0.227 e. The van der Waals surface area contributed by atoms with Crippen molar-refractivity contribution in [3.05, 3.63) is 21.1 Å². The molecule has 0 unspecified atom stereocenters. The van der Waals surface area contributed by atoms with Crippen molar-refractivity contribution in [3.63, 3.8) is 0 Å². The van der Waals surface area contributed by atoms with E-state index in [1.807, 2.05) is 7.05 Å². The highest BCUT2D eigenvalue weighted by Crippen LogP contribution is 2.42. The SMILES string of the molecule is CN1CCC(C(=O)Nc2c(O)c(Cl)cc(Cl)c2Cl)CC1. The van der Waals surface area contributed by atoms with E-state index in [1.165, 1.54) is 6.07 Å². The monoisotopic (exact) mass is 336 g/mol. The molecule has 1 aliphatic rings. The molecule has 20 heavy (non-hydrogen) atoms. The van der Waals surface area contributed by atoms with Gasteiger partial charge in [0.25, 0.3) is 0 Å². The molecule has 0 aliphatic carbocycles. The number of likely N-dealkylation sites (tertiary alicyclic amines) is 1. The van der Waals surface area contributed by atoms with Gasteiger partial charge in [0.05, 0.1) is 15.1 Å². The third-order valence-electron chi connectivity index (χ3n) is 3.48. The molecule has 2 N–H and O–H groups in total. The summed E-state index contributed by atoms with van der Waals surface area (Å²) in [6.07, 6.45) is 1.55. The van der Waals surface area contributed by atoms with Crippen LogP contribution in [0.4, 0.5) is 5.69 Å². The molecule has 1 aromatic rings. The fraction of sp³-hybridized carbons (Fsp3) is 0.462. The lowest BCUT2D eigenvalue weighted by Crippen LogP contribution is -2.36. The normalized spacial score (nSPS) is 17.2. The molecule has 0 bridgehead atoms. The van der Waals surface area contributed by atoms with Crippen LogP contribution in [-0.2, 0) is 4.79 Å². The summed E-state index contributed by atoms with van der Waals surface area (Å²) in [6.45, 7) is 1.74. The van der Waals surface area contributed by atoms with E-state index in [4.69, 9.17) is 34.8 Å². The Balaban J connectivity index is 2.16. The van der Waals surface area contributed by atoms with Gasteiger partial charge >= 0.3 is 0 Å². The van der Waals surface area contributed by atoms with Crippen LogP contribution < -0.4 is 5.32 Å². The number of nitrogens with zero attached hydrogens (tertiary/aromatic N) is 1. The number of carbonyl (C=O) groups is 1. The molecular formula is C13H15Cl3N2O2. The van der Waals surface area contributed by atoms with Crippen LogP contribution in [0.2, 0.25) is 15.1 Å². The Morgan fingerprint density at radius 1 is 1.30 bits per heavy atom. The number of amides is 1. The van der Waals surface area contributed by atoms with Crippen molar-refractivity contribution in [1.82, 2.24) is 4.90 Å². The third kappa shape index (κ3) is 3.31. The summed E-state index contributed by atoms with van der Waals surface area (Å²) in [5, 5.41) is 12.9. The second kappa shape index (κ2) is 6.39. The van der Waals surface area contributed by atoms with E-state index in [0.29, 0.717) is 0 Å². The van der Waals surface area contributed by atoms with Crippen molar-refractivity contribution in [1.29, 1.82) is 0 Å². The maximum Gasteiger partial charge on any atom is 0.227 e. The molecule has 1 aliphatic heterocycles. The number of piperidine rings is 1. The van der Waals surface area contributed by atoms with Crippen LogP contribution >= 0.6 is 34.8 Å². The van der Waals surface area contributed by atoms with Crippen molar-refractivity contribution >= 4 is 46.4 Å². The van der Waals surface area contributed by atoms with Crippen molar-refractivity contribution in [2.75, 3.05) is 25.5 Å². The summed E-state index contributed by atoms with van der Waals surface area (Å²) in [6, 6.07) is 1.34. The third-order valence-corrected chi connectivity index (χ3v) is 4.56. The van der Waals surface area contributed by atoms with Gasteiger partial charge in [-0.05, 0) is 39.0 Å². The second-order valence-electron chi connectivity index (χ2n) is 4.94. The fourth-order valence-corrected chi connectivity index (χ4v) is 2.85. The predicted molar refractivity (Wildman–Crippen MR) is 82.0 cm³/mol. The van der Waals surface area contributed by atoms with E-state index in [0.717, 1.165) is 25.9 Å². The number of hydrogen-bond acceptors (Lipinski definition) is 3. The number of benzene rings is 1. The van der Waals surface area contributed by atoms with Crippen molar-refractivity contribution in [2.45, 2.75) is 12.8 Å². The van der Waals surface area contributed by atoms with Crippen molar-refractivity contribution in [3.8, 4) is 5.75 Å². The summed E-state index contributed by atoms with van der Waals surface area (Å²) < 4.78 is 0. The van der Waals surface area contributed by atoms with Gasteiger partial charge in [0, 0.05) is 5.92 Å². The van der Waals surface area contributed by atoms with Gasteiger partial charge in [-0.1, -0.05) is 34.8 Å². The lowest BCUT2D eigenvalue weighted by atomic mass is 9.96. The van der Waals surface area contributed by atoms with Gasteiger partial charge in [0.15, 0.2) is 5.75 Å². The maximum atomic E-state index is 12.2. The van der Waals surface area contributed by atoms with Crippen LogP contribution in [0.3, 0.4) is 0 Å². The Morgan fingerprint density at radius 3 is 2.50 bits per heavy atom. The summed E-state index contributed by atoms with van der Waals surface area (Å²) in [5.41, 5.74) is 0.0769. The van der Waals surface area contributed by atoms with Crippen LogP contribution in [0, 0.1) is 5.92 Å². The van der Waals surface area contributed by atoms with E-state index in [9.17, 15) is 9.90 Å². The number of anilines is 1. The molecule has 4 nitrogen and oxygen atoms in total. The van der Waals surface area contributed by atoms with E-state index in [1.54, 1.807) is 0 Å². The maximum absolute atomic E-state index is 12.2. The fourth-order valence-electron chi connectivity index (χ4n) is 2.20. The highest BCUT2D eigenvalue weighted by molar-refractivity contribution is 6.46. The van der Waals surface area contributed by atoms with Gasteiger partial charge in [-0.2, -0.15) is 0 Å². The first-order valence-corrected chi connectivity index (χ1v) is 7.39. The van der Waals surface area contributed by atoms with Gasteiger partial charge in [-0.25, -0.2) is 0 Å². The highest BCUT2D eigenvalue weighted by atomic mass is 35.5. The van der Waals surface area contributed by atoms with Crippen molar-refractivity contribution < 1.29 is 9.90 Å². The number of nitrogens with one attached hydrogen (secondary N) is 1. The Labute approximate surface area is 132 Å². The number of phenols is 1. The predicted octanol–water partition coefficient (Wildman–Crippen LogP) is 3.63. The minimum Gasteiger partial charge on any atom is -0.504 e. The average molecular weight is 338 g/mol. The van der Waals surface area contributed by atoms with Gasteiger partial charge in [-0.15, -0.1) is 0 Å². The topological polar surface area (TPSA) is 52.6 Å². The molecular weight excluding hydrogens is 323 g/mol. The molecule has 0 radical (unpaired) electrons. The van der Waals surface area contributed by atoms with Gasteiger partial charge in [0.1, 0.15) is 5.69 Å². The molecule has 7 heteroatoms. The molecule has 0 spiro atoms. The molecule has 2 rings (SSSR count). The molecule has 0 atom stereocenters. The Bertz CT molecular complexity index is 503. The molecule has 1 heterocycles. The first-order valence-electron chi connectivity index (χ1n) is 6.26. The molecule has 1 saturated heterocycles. The van der Waals surface area contributed by atoms with E-state index < -0.39 is 0 Å². The zero-order valence-corrected chi connectivity index (χ0v) is 13.2. The zero-order chi connectivity index (χ0) is 14.9. The van der Waals surface area contributed by atoms with Crippen LogP contribution in [0.1, 0.15) is 12.8 Å². The lowest BCUT2D eigenvalue weighted by Gasteiger charge is -2.28. The van der Waals surface area contributed by atoms with Crippen LogP contribution in [0.5, 0.6) is 5.75 Å². The molecule has 1 aromatic carbocycles. The van der Waals surface area contributed by atoms with Crippen molar-refractivity contribution in [2.24, 2.45) is 5.92 Å². The highest BCUT2D eigenvalue weighted by Gasteiger charge is 2.25. The Kier molecular flexibility index (Phi) is 5.02. The molecule has 1 amide bonds. The average Bonchev–Trinajstić information content (AvgIpc) is 2.42. The quantitative estimate of drug-likeness (QED) is 0.640. The Morgan fingerprint density at radius 2 is 1.90 bits per heavy atom. The summed E-state index contributed by atoms with van der Waals surface area (Å²) >= 11 is 17.7. The first kappa shape index (κ1) is 15.7. The number of halogens is 3. The van der Waals surface area contributed by atoms with Crippen LogP contribution in [0.15, 0.2) is 6.07 Å². The molecule has 0 aromatic heterocycles. The largest absolute Gasteiger partial charge is 0.504 e. The number of phenolic OH excluding ortho intramolecular Hbond substituents is 1. The second-order valence-corrected chi connectivity index (χ2v) is 6.14. The molecule has 110 valence electrons. The Hall–Kier alpha value is -0.680. The van der Waals surface area contributed by atoms with Crippen LogP contribution in [-0.4, -0.2) is 36.1 Å². The minimum atomic E-state index is -0.262. The lowest BCUT2D eigenvalue weighted by molar-refractivity contribution is -0.121. The van der Waals surface area contributed by atoms with Gasteiger partial charge in [-0.3, -0.25) is 4.79 Å². The van der Waals surface area contributed by atoms with E-state index in [-0.39, 0.29) is 38.3 Å². The minimum absolute atomic E-state index is 0.0538. The standard InChI is InChI=1S/C13H15Cl3N2O2/c1-18-4-2-7(3-5-18)13(20)17-11-10(16)8(14)6-9(15)12(11)19/h6-7,19H,2-5H2,1H3,(H,17,20). The van der Waals surface area contributed by atoms with Crippen LogP contribution in [0.25, 0.3) is 0 Å². The number of carbonyl (C=O) groups excluding carboxylic acids is 1. The zero-order valence-electron chi connectivity index (χ0n) is 10.9. The molecule has 1 fully saturated rings. The number of rotatable bonds is 2. The van der Waals surface area contributed by atoms with E-state index >= 15 is 0 Å². The van der Waals surface area contributed by atoms with E-state index in [2.05, 4.69) is 10.2 Å². The number of aromatic hydroxyl groups is 1.